The molecule has 0 spiro atoms. The Hall–Kier alpha value is -0.550. The first-order valence-corrected chi connectivity index (χ1v) is 6.05. The Balaban J connectivity index is 2.19. The molecule has 0 radical (unpaired) electrons. The Morgan fingerprint density at radius 2 is 2.31 bits per heavy atom. The van der Waals surface area contributed by atoms with Gasteiger partial charge in [0.15, 0.2) is 0 Å². The highest BCUT2D eigenvalue weighted by Crippen LogP contribution is 2.23. The average Bonchev–Trinajstić information content (AvgIpc) is 2.46. The largest absolute Gasteiger partial charge is 0.305 e. The fraction of sp³-hybridized carbons (Fsp3) is 0.750. The lowest BCUT2D eigenvalue weighted by Crippen LogP contribution is -2.42. The molecule has 1 unspecified atom stereocenters. The predicted octanol–water partition coefficient (Wildman–Crippen LogP) is 0.0836. The van der Waals surface area contributed by atoms with Gasteiger partial charge in [0, 0.05) is 29.0 Å². The third kappa shape index (κ3) is 1.58. The Morgan fingerprint density at radius 1 is 1.54 bits per heavy atom. The van der Waals surface area contributed by atoms with E-state index in [-0.39, 0.29) is 0 Å². The topological polar surface area (TPSA) is 44.4 Å². The molecule has 5 heteroatoms. The zero-order valence-corrected chi connectivity index (χ0v) is 8.78. The lowest BCUT2D eigenvalue weighted by atomic mass is 10.2. The van der Waals surface area contributed by atoms with Gasteiger partial charge in [0.25, 0.3) is 0 Å². The van der Waals surface area contributed by atoms with Gasteiger partial charge in [-0.15, -0.1) is 5.53 Å². The van der Waals surface area contributed by atoms with Crippen LogP contribution in [0.2, 0.25) is 0 Å². The van der Waals surface area contributed by atoms with Crippen molar-refractivity contribution in [2.45, 2.75) is 26.3 Å². The van der Waals surface area contributed by atoms with Gasteiger partial charge in [-0.3, -0.25) is 9.22 Å². The monoisotopic (exact) mass is 201 g/mol. The summed E-state index contributed by atoms with van der Waals surface area (Å²) in [6, 6.07) is 0.437. The van der Waals surface area contributed by atoms with E-state index in [4.69, 9.17) is 0 Å². The summed E-state index contributed by atoms with van der Waals surface area (Å²) in [5.74, 6) is 1.47. The molecule has 0 aromatic rings. The van der Waals surface area contributed by atoms with Gasteiger partial charge in [-0.25, -0.2) is 0 Å². The minimum atomic E-state index is -0.666. The molecule has 0 amide bonds. The molecule has 0 aromatic carbocycles. The molecule has 0 aromatic heterocycles. The second-order valence-corrected chi connectivity index (χ2v) is 5.24. The molecule has 2 rings (SSSR count). The fourth-order valence-electron chi connectivity index (χ4n) is 1.69. The molecule has 1 atom stereocenters. The van der Waals surface area contributed by atoms with E-state index < -0.39 is 10.8 Å². The molecule has 0 saturated heterocycles. The maximum absolute atomic E-state index is 11.3. The van der Waals surface area contributed by atoms with Gasteiger partial charge in [-0.05, 0) is 13.8 Å². The van der Waals surface area contributed by atoms with Gasteiger partial charge in [0.2, 0.25) is 0 Å². The molecule has 4 nitrogen and oxygen atoms in total. The lowest BCUT2D eigenvalue weighted by Gasteiger charge is -2.25. The van der Waals surface area contributed by atoms with Crippen LogP contribution in [0, 0.1) is 0 Å². The predicted molar refractivity (Wildman–Crippen MR) is 52.8 cm³/mol. The van der Waals surface area contributed by atoms with Gasteiger partial charge >= 0.3 is 0 Å². The van der Waals surface area contributed by atoms with Crippen LogP contribution < -0.4 is 11.0 Å². The number of hydrogen-bond donors (Lipinski definition) is 2. The molecule has 2 aliphatic heterocycles. The molecule has 2 N–H and O–H groups in total. The summed E-state index contributed by atoms with van der Waals surface area (Å²) in [5, 5.41) is 2.12. The number of hydrazine groups is 2. The molecule has 0 bridgehead atoms. The Kier molecular flexibility index (Phi) is 2.29. The quantitative estimate of drug-likeness (QED) is 0.631. The molecule has 0 saturated carbocycles. The number of allylic oxidation sites excluding steroid dienone is 1. The first-order chi connectivity index (χ1) is 6.18. The van der Waals surface area contributed by atoms with Crippen LogP contribution in [0.15, 0.2) is 11.4 Å². The van der Waals surface area contributed by atoms with Gasteiger partial charge in [-0.2, -0.15) is 0 Å². The average molecular weight is 201 g/mol. The summed E-state index contributed by atoms with van der Waals surface area (Å²) in [5.41, 5.74) is 8.57. The molecular weight excluding hydrogens is 186 g/mol. The molecule has 74 valence electrons. The smallest absolute Gasteiger partial charge is 0.0666 e. The Morgan fingerprint density at radius 3 is 3.00 bits per heavy atom. The van der Waals surface area contributed by atoms with E-state index >= 15 is 0 Å². The maximum atomic E-state index is 11.3. The lowest BCUT2D eigenvalue weighted by molar-refractivity contribution is 0.198. The van der Waals surface area contributed by atoms with Crippen molar-refractivity contribution in [3.05, 3.63) is 11.4 Å². The minimum absolute atomic E-state index is 0.437. The van der Waals surface area contributed by atoms with E-state index in [0.29, 0.717) is 11.8 Å². The van der Waals surface area contributed by atoms with Crippen LogP contribution in [0.4, 0.5) is 0 Å². The van der Waals surface area contributed by atoms with E-state index in [1.807, 2.05) is 0 Å². The zero-order chi connectivity index (χ0) is 9.42. The van der Waals surface area contributed by atoms with Crippen LogP contribution in [0.3, 0.4) is 0 Å². The number of nitrogens with one attached hydrogen (secondary N) is 2. The molecule has 0 aliphatic carbocycles. The van der Waals surface area contributed by atoms with Crippen LogP contribution in [-0.4, -0.2) is 26.8 Å². The highest BCUT2D eigenvalue weighted by molar-refractivity contribution is 7.85. The summed E-state index contributed by atoms with van der Waals surface area (Å²) >= 11 is 0. The normalized spacial score (nSPS) is 27.9. The molecule has 2 heterocycles. The molecule has 13 heavy (non-hydrogen) atoms. The third-order valence-electron chi connectivity index (χ3n) is 2.35. The van der Waals surface area contributed by atoms with E-state index in [1.54, 1.807) is 0 Å². The maximum Gasteiger partial charge on any atom is 0.0666 e. The van der Waals surface area contributed by atoms with Crippen LogP contribution in [0.25, 0.3) is 0 Å². The third-order valence-corrected chi connectivity index (χ3v) is 3.62. The minimum Gasteiger partial charge on any atom is -0.305 e. The number of nitrogens with zero attached hydrogens (tertiary/aromatic N) is 1. The van der Waals surface area contributed by atoms with Gasteiger partial charge in [0.1, 0.15) is 0 Å². The zero-order valence-electron chi connectivity index (χ0n) is 7.96. The summed E-state index contributed by atoms with van der Waals surface area (Å²) in [4.78, 5) is 0. The first kappa shape index (κ1) is 9.02. The molecular formula is C8H15N3OS. The molecule has 2 aliphatic rings. The second kappa shape index (κ2) is 3.31. The summed E-state index contributed by atoms with van der Waals surface area (Å²) in [6.07, 6.45) is 0.917. The van der Waals surface area contributed by atoms with Crippen molar-refractivity contribution < 1.29 is 4.21 Å². The van der Waals surface area contributed by atoms with E-state index in [9.17, 15) is 4.21 Å². The van der Waals surface area contributed by atoms with Gasteiger partial charge in [-0.1, -0.05) is 0 Å². The highest BCUT2D eigenvalue weighted by atomic mass is 32.2. The van der Waals surface area contributed by atoms with E-state index in [1.165, 1.54) is 5.70 Å². The Labute approximate surface area is 80.8 Å². The van der Waals surface area contributed by atoms with E-state index in [0.717, 1.165) is 17.9 Å². The van der Waals surface area contributed by atoms with Crippen molar-refractivity contribution in [1.82, 2.24) is 16.0 Å². The highest BCUT2D eigenvalue weighted by Gasteiger charge is 2.28. The van der Waals surface area contributed by atoms with Crippen molar-refractivity contribution in [2.75, 3.05) is 11.5 Å². The number of rotatable bonds is 1. The van der Waals surface area contributed by atoms with Crippen LogP contribution in [0.1, 0.15) is 20.3 Å². The van der Waals surface area contributed by atoms with Crippen molar-refractivity contribution in [2.24, 2.45) is 0 Å². The SMILES string of the molecule is CC(C)N1NNC2=C1CCS(=O)C2. The van der Waals surface area contributed by atoms with E-state index in [2.05, 4.69) is 29.8 Å². The van der Waals surface area contributed by atoms with Crippen LogP contribution in [-0.2, 0) is 10.8 Å². The van der Waals surface area contributed by atoms with Crippen LogP contribution in [0.5, 0.6) is 0 Å². The van der Waals surface area contributed by atoms with Crippen molar-refractivity contribution in [3.63, 3.8) is 0 Å². The number of hydrogen-bond acceptors (Lipinski definition) is 4. The first-order valence-electron chi connectivity index (χ1n) is 4.56. The Bertz CT molecular complexity index is 275. The summed E-state index contributed by atoms with van der Waals surface area (Å²) in [6.45, 7) is 4.27. The van der Waals surface area contributed by atoms with Gasteiger partial charge in [0.05, 0.1) is 17.1 Å². The van der Waals surface area contributed by atoms with Gasteiger partial charge < -0.3 is 5.43 Å². The van der Waals surface area contributed by atoms with Crippen molar-refractivity contribution >= 4 is 10.8 Å². The van der Waals surface area contributed by atoms with Crippen LogP contribution >= 0.6 is 0 Å². The second-order valence-electron chi connectivity index (χ2n) is 3.66. The summed E-state index contributed by atoms with van der Waals surface area (Å²) in [7, 11) is -0.666. The summed E-state index contributed by atoms with van der Waals surface area (Å²) < 4.78 is 11.3. The standard InChI is InChI=1S/C8H15N3OS/c1-6(2)11-8-3-4-13(12)5-7(8)9-10-11/h6,9-10H,3-5H2,1-2H3. The fourth-order valence-corrected chi connectivity index (χ4v) is 2.81. The van der Waals surface area contributed by atoms with Crippen molar-refractivity contribution in [1.29, 1.82) is 0 Å². The molecule has 0 fully saturated rings. The van der Waals surface area contributed by atoms with Crippen molar-refractivity contribution in [3.8, 4) is 0 Å².